The van der Waals surface area contributed by atoms with Gasteiger partial charge in [0, 0.05) is 12.7 Å². The van der Waals surface area contributed by atoms with Gasteiger partial charge in [-0.15, -0.1) is 0 Å². The average molecular weight is 219 g/mol. The number of nitrogens with one attached hydrogen (secondary N) is 1. The van der Waals surface area contributed by atoms with Crippen LogP contribution in [0.2, 0.25) is 0 Å². The largest absolute Gasteiger partial charge is 0.326 e. The lowest BCUT2D eigenvalue weighted by molar-refractivity contribution is 0.506. The van der Waals surface area contributed by atoms with E-state index in [-0.39, 0.29) is 5.69 Å². The van der Waals surface area contributed by atoms with Crippen LogP contribution >= 0.6 is 15.9 Å². The zero-order valence-corrected chi connectivity index (χ0v) is 8.18. The molecule has 0 radical (unpaired) electrons. The molecule has 1 N–H and O–H groups in total. The molecule has 0 saturated carbocycles. The van der Waals surface area contributed by atoms with E-state index in [1.54, 1.807) is 10.8 Å². The molecule has 0 spiro atoms. The van der Waals surface area contributed by atoms with E-state index >= 15 is 0 Å². The molecule has 0 atom stereocenters. The molecule has 1 rings (SSSR count). The molecule has 1 heterocycles. The van der Waals surface area contributed by atoms with Crippen LogP contribution in [-0.2, 0) is 6.54 Å². The van der Waals surface area contributed by atoms with E-state index in [1.807, 2.05) is 0 Å². The van der Waals surface area contributed by atoms with Gasteiger partial charge in [0.2, 0.25) is 0 Å². The Morgan fingerprint density at radius 2 is 2.36 bits per heavy atom. The second-order valence-electron chi connectivity index (χ2n) is 2.92. The predicted molar refractivity (Wildman–Crippen MR) is 47.6 cm³/mol. The van der Waals surface area contributed by atoms with Gasteiger partial charge in [-0.1, -0.05) is 13.8 Å². The Balaban J connectivity index is 2.92. The molecule has 1 aromatic rings. The third kappa shape index (κ3) is 1.96. The van der Waals surface area contributed by atoms with Gasteiger partial charge in [0.05, 0.1) is 0 Å². The highest BCUT2D eigenvalue weighted by molar-refractivity contribution is 9.10. The van der Waals surface area contributed by atoms with Gasteiger partial charge in [-0.25, -0.2) is 4.79 Å². The lowest BCUT2D eigenvalue weighted by Crippen LogP contribution is -2.19. The summed E-state index contributed by atoms with van der Waals surface area (Å²) in [5.74, 6) is 0.486. The van der Waals surface area contributed by atoms with Gasteiger partial charge in [-0.05, 0) is 21.8 Å². The van der Waals surface area contributed by atoms with Crippen molar-refractivity contribution in [1.82, 2.24) is 9.55 Å². The molecule has 0 saturated heterocycles. The van der Waals surface area contributed by atoms with Crippen LogP contribution in [0.5, 0.6) is 0 Å². The van der Waals surface area contributed by atoms with Crippen LogP contribution in [0.3, 0.4) is 0 Å². The maximum atomic E-state index is 11.1. The van der Waals surface area contributed by atoms with Gasteiger partial charge in [0.1, 0.15) is 4.60 Å². The normalized spacial score (nSPS) is 10.9. The van der Waals surface area contributed by atoms with Crippen molar-refractivity contribution in [3.05, 3.63) is 21.3 Å². The number of imidazole rings is 1. The summed E-state index contributed by atoms with van der Waals surface area (Å²) in [6.07, 6.45) is 1.66. The van der Waals surface area contributed by atoms with Crippen molar-refractivity contribution in [2.24, 2.45) is 5.92 Å². The molecule has 0 aliphatic heterocycles. The molecule has 0 aromatic carbocycles. The molecular weight excluding hydrogens is 208 g/mol. The molecule has 0 aliphatic rings. The summed E-state index contributed by atoms with van der Waals surface area (Å²) >= 11 is 3.28. The Labute approximate surface area is 73.6 Å². The topological polar surface area (TPSA) is 37.8 Å². The summed E-state index contributed by atoms with van der Waals surface area (Å²) in [5, 5.41) is 0. The minimum atomic E-state index is -0.0504. The highest BCUT2D eigenvalue weighted by Gasteiger charge is 2.03. The molecule has 4 heteroatoms. The Kier molecular flexibility index (Phi) is 2.54. The summed E-state index contributed by atoms with van der Waals surface area (Å²) in [6, 6.07) is 0. The smallest absolute Gasteiger partial charge is 0.312 e. The standard InChI is InChI=1S/C7H11BrN2O/c1-5(2)4-10-6(8)3-9-7(10)11/h3,5H,4H2,1-2H3,(H,9,11). The molecule has 62 valence electrons. The monoisotopic (exact) mass is 218 g/mol. The Bertz CT molecular complexity index is 287. The van der Waals surface area contributed by atoms with Gasteiger partial charge in [-0.3, -0.25) is 4.57 Å². The lowest BCUT2D eigenvalue weighted by Gasteiger charge is -2.04. The summed E-state index contributed by atoms with van der Waals surface area (Å²) in [7, 11) is 0. The van der Waals surface area contributed by atoms with Crippen molar-refractivity contribution in [2.75, 3.05) is 0 Å². The van der Waals surface area contributed by atoms with Gasteiger partial charge >= 0.3 is 5.69 Å². The number of aromatic nitrogens is 2. The van der Waals surface area contributed by atoms with Gasteiger partial charge in [0.15, 0.2) is 0 Å². The first-order valence-electron chi connectivity index (χ1n) is 3.55. The van der Waals surface area contributed by atoms with Crippen LogP contribution in [0.25, 0.3) is 0 Å². The van der Waals surface area contributed by atoms with Gasteiger partial charge < -0.3 is 4.98 Å². The van der Waals surface area contributed by atoms with Gasteiger partial charge in [-0.2, -0.15) is 0 Å². The van der Waals surface area contributed by atoms with E-state index < -0.39 is 0 Å². The van der Waals surface area contributed by atoms with Crippen LogP contribution in [-0.4, -0.2) is 9.55 Å². The van der Waals surface area contributed by atoms with Crippen LogP contribution in [0.1, 0.15) is 13.8 Å². The van der Waals surface area contributed by atoms with Crippen molar-refractivity contribution < 1.29 is 0 Å². The molecule has 0 unspecified atom stereocenters. The van der Waals surface area contributed by atoms with Crippen LogP contribution in [0.4, 0.5) is 0 Å². The number of rotatable bonds is 2. The first-order valence-corrected chi connectivity index (χ1v) is 4.34. The second kappa shape index (κ2) is 3.26. The van der Waals surface area contributed by atoms with E-state index in [4.69, 9.17) is 0 Å². The van der Waals surface area contributed by atoms with Crippen LogP contribution in [0.15, 0.2) is 15.6 Å². The minimum Gasteiger partial charge on any atom is -0.312 e. The van der Waals surface area contributed by atoms with Gasteiger partial charge in [0.25, 0.3) is 0 Å². The van der Waals surface area contributed by atoms with Crippen molar-refractivity contribution >= 4 is 15.9 Å². The van der Waals surface area contributed by atoms with E-state index in [9.17, 15) is 4.79 Å². The van der Waals surface area contributed by atoms with E-state index in [0.717, 1.165) is 11.1 Å². The average Bonchev–Trinajstić information content (AvgIpc) is 2.18. The minimum absolute atomic E-state index is 0.0504. The van der Waals surface area contributed by atoms with E-state index in [2.05, 4.69) is 34.8 Å². The number of hydrogen-bond donors (Lipinski definition) is 1. The fourth-order valence-electron chi connectivity index (χ4n) is 0.909. The molecular formula is C7H11BrN2O. The number of hydrogen-bond acceptors (Lipinski definition) is 1. The highest BCUT2D eigenvalue weighted by Crippen LogP contribution is 2.07. The highest BCUT2D eigenvalue weighted by atomic mass is 79.9. The van der Waals surface area contributed by atoms with E-state index in [1.165, 1.54) is 0 Å². The number of halogens is 1. The maximum absolute atomic E-state index is 11.1. The number of nitrogens with zero attached hydrogens (tertiary/aromatic N) is 1. The molecule has 0 amide bonds. The predicted octanol–water partition coefficient (Wildman–Crippen LogP) is 1.59. The summed E-state index contributed by atoms with van der Waals surface area (Å²) in [6.45, 7) is 4.90. The van der Waals surface area contributed by atoms with E-state index in [0.29, 0.717) is 5.92 Å². The maximum Gasteiger partial charge on any atom is 0.326 e. The Morgan fingerprint density at radius 3 is 2.73 bits per heavy atom. The zero-order valence-electron chi connectivity index (χ0n) is 6.60. The van der Waals surface area contributed by atoms with Crippen molar-refractivity contribution in [2.45, 2.75) is 20.4 Å². The van der Waals surface area contributed by atoms with Crippen molar-refractivity contribution in [3.8, 4) is 0 Å². The number of H-pyrrole nitrogens is 1. The third-order valence-electron chi connectivity index (χ3n) is 1.37. The fraction of sp³-hybridized carbons (Fsp3) is 0.571. The summed E-state index contributed by atoms with van der Waals surface area (Å²) in [4.78, 5) is 13.7. The zero-order chi connectivity index (χ0) is 8.43. The molecule has 0 aliphatic carbocycles. The van der Waals surface area contributed by atoms with Crippen molar-refractivity contribution in [1.29, 1.82) is 0 Å². The Morgan fingerprint density at radius 1 is 1.73 bits per heavy atom. The molecule has 0 fully saturated rings. The quantitative estimate of drug-likeness (QED) is 0.805. The lowest BCUT2D eigenvalue weighted by atomic mass is 10.2. The number of aromatic amines is 1. The van der Waals surface area contributed by atoms with Crippen molar-refractivity contribution in [3.63, 3.8) is 0 Å². The summed E-state index contributed by atoms with van der Waals surface area (Å²) in [5.41, 5.74) is -0.0504. The van der Waals surface area contributed by atoms with Crippen LogP contribution < -0.4 is 5.69 Å². The first kappa shape index (κ1) is 8.59. The molecule has 11 heavy (non-hydrogen) atoms. The molecule has 3 nitrogen and oxygen atoms in total. The SMILES string of the molecule is CC(C)Cn1c(Br)c[nH]c1=O. The fourth-order valence-corrected chi connectivity index (χ4v) is 1.33. The summed E-state index contributed by atoms with van der Waals surface area (Å²) < 4.78 is 2.49. The molecule has 1 aromatic heterocycles. The van der Waals surface area contributed by atoms with Crippen LogP contribution in [0, 0.1) is 5.92 Å². The molecule has 0 bridgehead atoms. The third-order valence-corrected chi connectivity index (χ3v) is 2.02. The first-order chi connectivity index (χ1) is 5.11. The second-order valence-corrected chi connectivity index (χ2v) is 3.73. The Hall–Kier alpha value is -0.510.